The van der Waals surface area contributed by atoms with Crippen LogP contribution in [0.2, 0.25) is 0 Å². The van der Waals surface area contributed by atoms with Gasteiger partial charge in [-0.2, -0.15) is 0 Å². The average Bonchev–Trinajstić information content (AvgIpc) is 2.19. The van der Waals surface area contributed by atoms with Crippen LogP contribution in [0.5, 0.6) is 5.75 Å². The van der Waals surface area contributed by atoms with Crippen LogP contribution in [0.3, 0.4) is 0 Å². The molecule has 0 bridgehead atoms. The fraction of sp³-hybridized carbons (Fsp3) is 0.375. The molecule has 0 aliphatic carbocycles. The number of rotatable bonds is 5. The number of aliphatic hydroxyl groups excluding tert-OH is 1. The van der Waals surface area contributed by atoms with Gasteiger partial charge in [0, 0.05) is 25.3 Å². The smallest absolute Gasteiger partial charge is 0.143 e. The first-order valence-electron chi connectivity index (χ1n) is 4.03. The summed E-state index contributed by atoms with van der Waals surface area (Å²) in [6.45, 7) is 0.623. The normalized spacial score (nSPS) is 9.69. The summed E-state index contributed by atoms with van der Waals surface area (Å²) >= 11 is 0. The zero-order valence-electron chi connectivity index (χ0n) is 7.23. The molecule has 0 aliphatic rings. The second-order valence-electron chi connectivity index (χ2n) is 2.45. The Balaban J connectivity index is 2.46. The summed E-state index contributed by atoms with van der Waals surface area (Å²) in [6, 6.07) is 3.43. The van der Waals surface area contributed by atoms with Crippen molar-refractivity contribution < 1.29 is 9.84 Å². The number of aromatic nitrogens is 1. The van der Waals surface area contributed by atoms with E-state index < -0.39 is 0 Å². The first kappa shape index (κ1) is 9.76. The maximum absolute atomic E-state index is 8.52. The average molecular weight is 183 g/mol. The van der Waals surface area contributed by atoms with Crippen molar-refractivity contribution >= 4 is 5.82 Å². The lowest BCUT2D eigenvalue weighted by atomic mass is 10.4. The number of hydrazine groups is 1. The van der Waals surface area contributed by atoms with Gasteiger partial charge in [-0.3, -0.25) is 0 Å². The summed E-state index contributed by atoms with van der Waals surface area (Å²) in [6.07, 6.45) is 2.22. The first-order valence-corrected chi connectivity index (χ1v) is 4.03. The molecule has 1 rings (SSSR count). The number of pyridine rings is 1. The highest BCUT2D eigenvalue weighted by atomic mass is 16.5. The number of hydrogen-bond acceptors (Lipinski definition) is 5. The standard InChI is InChI=1S/C8H13N3O2/c9-11-8-6-7(2-3-10-8)13-5-1-4-12/h2-3,6,12H,1,4-5,9H2,(H,10,11). The molecule has 0 saturated heterocycles. The highest BCUT2D eigenvalue weighted by molar-refractivity contribution is 5.39. The van der Waals surface area contributed by atoms with Crippen LogP contribution in [0.1, 0.15) is 6.42 Å². The molecule has 4 N–H and O–H groups in total. The number of aliphatic hydroxyl groups is 1. The van der Waals surface area contributed by atoms with Crippen molar-refractivity contribution in [2.75, 3.05) is 18.6 Å². The van der Waals surface area contributed by atoms with E-state index in [1.165, 1.54) is 0 Å². The first-order chi connectivity index (χ1) is 6.36. The Morgan fingerprint density at radius 3 is 3.15 bits per heavy atom. The van der Waals surface area contributed by atoms with Gasteiger partial charge in [-0.1, -0.05) is 0 Å². The Morgan fingerprint density at radius 1 is 1.62 bits per heavy atom. The minimum absolute atomic E-state index is 0.132. The van der Waals surface area contributed by atoms with Crippen LogP contribution in [-0.2, 0) is 0 Å². The van der Waals surface area contributed by atoms with Crippen molar-refractivity contribution in [3.63, 3.8) is 0 Å². The zero-order chi connectivity index (χ0) is 9.52. The van der Waals surface area contributed by atoms with Crippen molar-refractivity contribution in [1.29, 1.82) is 0 Å². The van der Waals surface area contributed by atoms with Crippen molar-refractivity contribution in [2.24, 2.45) is 5.84 Å². The molecule has 0 aromatic carbocycles. The molecule has 0 amide bonds. The summed E-state index contributed by atoms with van der Waals surface area (Å²) < 4.78 is 5.29. The van der Waals surface area contributed by atoms with Crippen LogP contribution in [0.15, 0.2) is 18.3 Å². The van der Waals surface area contributed by atoms with E-state index in [0.717, 1.165) is 0 Å². The van der Waals surface area contributed by atoms with Gasteiger partial charge in [0.1, 0.15) is 11.6 Å². The van der Waals surface area contributed by atoms with Gasteiger partial charge < -0.3 is 15.3 Å². The van der Waals surface area contributed by atoms with Crippen LogP contribution in [0, 0.1) is 0 Å². The molecule has 0 aliphatic heterocycles. The topological polar surface area (TPSA) is 80.4 Å². The molecule has 1 aromatic heterocycles. The number of nitrogens with zero attached hydrogens (tertiary/aromatic N) is 1. The van der Waals surface area contributed by atoms with E-state index >= 15 is 0 Å². The predicted molar refractivity (Wildman–Crippen MR) is 49.2 cm³/mol. The van der Waals surface area contributed by atoms with Crippen molar-refractivity contribution in [1.82, 2.24) is 4.98 Å². The number of nitrogens with two attached hydrogens (primary N) is 1. The van der Waals surface area contributed by atoms with E-state index in [9.17, 15) is 0 Å². The maximum Gasteiger partial charge on any atom is 0.143 e. The molecular formula is C8H13N3O2. The quantitative estimate of drug-likeness (QED) is 0.343. The molecule has 5 nitrogen and oxygen atoms in total. The Labute approximate surface area is 76.5 Å². The summed E-state index contributed by atoms with van der Waals surface area (Å²) in [5, 5.41) is 8.52. The highest BCUT2D eigenvalue weighted by Crippen LogP contribution is 2.13. The molecule has 0 atom stereocenters. The summed E-state index contributed by atoms with van der Waals surface area (Å²) in [5.74, 6) is 6.41. The Morgan fingerprint density at radius 2 is 2.46 bits per heavy atom. The maximum atomic E-state index is 8.52. The molecule has 0 fully saturated rings. The second kappa shape index (κ2) is 5.34. The SMILES string of the molecule is NNc1cc(OCCCO)ccn1. The lowest BCUT2D eigenvalue weighted by Gasteiger charge is -2.05. The van der Waals surface area contributed by atoms with Gasteiger partial charge in [0.25, 0.3) is 0 Å². The molecule has 5 heteroatoms. The minimum atomic E-state index is 0.132. The van der Waals surface area contributed by atoms with E-state index in [1.54, 1.807) is 18.3 Å². The Bertz CT molecular complexity index is 255. The van der Waals surface area contributed by atoms with E-state index in [0.29, 0.717) is 24.6 Å². The summed E-state index contributed by atoms with van der Waals surface area (Å²) in [4.78, 5) is 3.92. The van der Waals surface area contributed by atoms with E-state index in [1.807, 2.05) is 0 Å². The third kappa shape index (κ3) is 3.27. The number of nitrogen functional groups attached to an aromatic ring is 1. The van der Waals surface area contributed by atoms with Gasteiger partial charge in [0.2, 0.25) is 0 Å². The molecule has 72 valence electrons. The van der Waals surface area contributed by atoms with Crippen LogP contribution in [0.25, 0.3) is 0 Å². The van der Waals surface area contributed by atoms with Gasteiger partial charge in [0.15, 0.2) is 0 Å². The largest absolute Gasteiger partial charge is 0.493 e. The number of hydrogen-bond donors (Lipinski definition) is 3. The third-order valence-electron chi connectivity index (χ3n) is 1.45. The van der Waals surface area contributed by atoms with Crippen LogP contribution < -0.4 is 16.0 Å². The fourth-order valence-electron chi connectivity index (χ4n) is 0.834. The molecule has 1 heterocycles. The van der Waals surface area contributed by atoms with Crippen molar-refractivity contribution in [3.05, 3.63) is 18.3 Å². The minimum Gasteiger partial charge on any atom is -0.493 e. The molecular weight excluding hydrogens is 170 g/mol. The van der Waals surface area contributed by atoms with Gasteiger partial charge in [-0.25, -0.2) is 10.8 Å². The summed E-state index contributed by atoms with van der Waals surface area (Å²) in [7, 11) is 0. The van der Waals surface area contributed by atoms with Gasteiger partial charge in [-0.05, 0) is 6.07 Å². The monoisotopic (exact) mass is 183 g/mol. The highest BCUT2D eigenvalue weighted by Gasteiger charge is 1.95. The van der Waals surface area contributed by atoms with Crippen molar-refractivity contribution in [2.45, 2.75) is 6.42 Å². The van der Waals surface area contributed by atoms with Gasteiger partial charge in [0.05, 0.1) is 6.61 Å². The van der Waals surface area contributed by atoms with E-state index in [-0.39, 0.29) is 6.61 Å². The lowest BCUT2D eigenvalue weighted by molar-refractivity contribution is 0.233. The van der Waals surface area contributed by atoms with E-state index in [2.05, 4.69) is 10.4 Å². The molecule has 0 spiro atoms. The molecule has 1 aromatic rings. The number of nitrogens with one attached hydrogen (secondary N) is 1. The number of ether oxygens (including phenoxy) is 1. The molecule has 0 saturated carbocycles. The number of anilines is 1. The Kier molecular flexibility index (Phi) is 4.01. The second-order valence-corrected chi connectivity index (χ2v) is 2.45. The van der Waals surface area contributed by atoms with Crippen LogP contribution in [-0.4, -0.2) is 23.3 Å². The van der Waals surface area contributed by atoms with Crippen molar-refractivity contribution in [3.8, 4) is 5.75 Å². The third-order valence-corrected chi connectivity index (χ3v) is 1.45. The fourth-order valence-corrected chi connectivity index (χ4v) is 0.834. The van der Waals surface area contributed by atoms with Crippen LogP contribution >= 0.6 is 0 Å². The van der Waals surface area contributed by atoms with E-state index in [4.69, 9.17) is 15.7 Å². The van der Waals surface area contributed by atoms with Gasteiger partial charge in [-0.15, -0.1) is 0 Å². The molecule has 13 heavy (non-hydrogen) atoms. The molecule has 0 radical (unpaired) electrons. The summed E-state index contributed by atoms with van der Waals surface area (Å²) in [5.41, 5.74) is 2.42. The van der Waals surface area contributed by atoms with Crippen LogP contribution in [0.4, 0.5) is 5.82 Å². The zero-order valence-corrected chi connectivity index (χ0v) is 7.23. The Hall–Kier alpha value is -1.33. The van der Waals surface area contributed by atoms with Gasteiger partial charge >= 0.3 is 0 Å². The molecule has 0 unspecified atom stereocenters. The predicted octanol–water partition coefficient (Wildman–Crippen LogP) is 0.128. The lowest BCUT2D eigenvalue weighted by Crippen LogP contribution is -2.08.